The molecular weight excluding hydrogens is 417 g/mol. The lowest BCUT2D eigenvalue weighted by atomic mass is 10.1. The molecule has 32 heavy (non-hydrogen) atoms. The van der Waals surface area contributed by atoms with Gasteiger partial charge in [0.25, 0.3) is 0 Å². The highest BCUT2D eigenvalue weighted by Gasteiger charge is 2.20. The number of aromatic nitrogens is 1. The van der Waals surface area contributed by atoms with Crippen molar-refractivity contribution in [3.63, 3.8) is 0 Å². The summed E-state index contributed by atoms with van der Waals surface area (Å²) in [5.41, 5.74) is 1.68. The second-order valence-electron chi connectivity index (χ2n) is 7.42. The summed E-state index contributed by atoms with van der Waals surface area (Å²) in [6, 6.07) is 7.33. The summed E-state index contributed by atoms with van der Waals surface area (Å²) >= 11 is 0. The largest absolute Gasteiger partial charge is 0.481 e. The van der Waals surface area contributed by atoms with Crippen LogP contribution >= 0.6 is 0 Å². The third-order valence-electron chi connectivity index (χ3n) is 5.16. The van der Waals surface area contributed by atoms with E-state index in [1.807, 2.05) is 0 Å². The molecule has 0 radical (unpaired) electrons. The molecule has 3 rings (SSSR count). The Morgan fingerprint density at radius 2 is 1.81 bits per heavy atom. The molecule has 1 aliphatic heterocycles. The number of benzene rings is 1. The summed E-state index contributed by atoms with van der Waals surface area (Å²) in [6.07, 6.45) is 2.69. The first kappa shape index (κ1) is 23.3. The molecule has 2 heterocycles. The van der Waals surface area contributed by atoms with Gasteiger partial charge in [0.15, 0.2) is 0 Å². The Morgan fingerprint density at radius 1 is 1.06 bits per heavy atom. The zero-order valence-electron chi connectivity index (χ0n) is 18.3. The third-order valence-corrected chi connectivity index (χ3v) is 5.16. The molecule has 2 N–H and O–H groups in total. The first-order valence-electron chi connectivity index (χ1n) is 10.4. The molecule has 0 aliphatic carbocycles. The lowest BCUT2D eigenvalue weighted by Gasteiger charge is -2.33. The zero-order valence-corrected chi connectivity index (χ0v) is 18.3. The average molecular weight is 445 g/mol. The minimum Gasteiger partial charge on any atom is -0.481 e. The van der Waals surface area contributed by atoms with Gasteiger partial charge in [-0.1, -0.05) is 0 Å². The topological polar surface area (TPSA) is 96.0 Å². The normalized spacial score (nSPS) is 14.0. The Hall–Kier alpha value is -3.40. The molecule has 1 fully saturated rings. The first-order chi connectivity index (χ1) is 15.5. The highest BCUT2D eigenvalue weighted by molar-refractivity contribution is 5.99. The lowest BCUT2D eigenvalue weighted by molar-refractivity contribution is 0.0907. The van der Waals surface area contributed by atoms with E-state index < -0.39 is 11.8 Å². The fourth-order valence-corrected chi connectivity index (χ4v) is 3.53. The second kappa shape index (κ2) is 11.3. The third kappa shape index (κ3) is 6.81. The number of halogens is 1. The van der Waals surface area contributed by atoms with Crippen molar-refractivity contribution in [1.29, 1.82) is 0 Å². The fraction of sp³-hybridized carbons (Fsp3) is 0.409. The van der Waals surface area contributed by atoms with Crippen LogP contribution in [0, 0.1) is 5.82 Å². The van der Waals surface area contributed by atoms with Crippen molar-refractivity contribution in [2.24, 2.45) is 0 Å². The number of urea groups is 1. The van der Waals surface area contributed by atoms with Crippen LogP contribution in [0.25, 0.3) is 0 Å². The van der Waals surface area contributed by atoms with Crippen LogP contribution < -0.4 is 15.4 Å². The number of pyridine rings is 1. The minimum absolute atomic E-state index is 0.295. The number of nitrogens with one attached hydrogen (secondary N) is 2. The van der Waals surface area contributed by atoms with E-state index in [0.717, 1.165) is 31.6 Å². The molecule has 1 saturated heterocycles. The Balaban J connectivity index is 1.46. The summed E-state index contributed by atoms with van der Waals surface area (Å²) in [5, 5.41) is 5.30. The predicted octanol–water partition coefficient (Wildman–Crippen LogP) is 3.19. The van der Waals surface area contributed by atoms with Crippen molar-refractivity contribution < 1.29 is 23.5 Å². The van der Waals surface area contributed by atoms with Crippen molar-refractivity contribution in [3.8, 4) is 5.88 Å². The summed E-state index contributed by atoms with van der Waals surface area (Å²) in [7, 11) is 2.89. The van der Waals surface area contributed by atoms with Gasteiger partial charge < -0.3 is 25.0 Å². The Bertz CT molecular complexity index is 917. The number of methoxy groups -OCH3 is 2. The number of rotatable bonds is 7. The number of hydrogen-bond donors (Lipinski definition) is 2. The van der Waals surface area contributed by atoms with Gasteiger partial charge in [0, 0.05) is 37.9 Å². The summed E-state index contributed by atoms with van der Waals surface area (Å²) in [4.78, 5) is 31.8. The molecule has 0 spiro atoms. The molecule has 10 heteroatoms. The molecule has 0 unspecified atom stereocenters. The molecule has 9 nitrogen and oxygen atoms in total. The van der Waals surface area contributed by atoms with Crippen LogP contribution in [-0.2, 0) is 11.2 Å². The monoisotopic (exact) mass is 445 g/mol. The number of carbonyl (C=O) groups is 2. The van der Waals surface area contributed by atoms with Crippen molar-refractivity contribution >= 4 is 23.5 Å². The number of nitrogens with zero attached hydrogens (tertiary/aromatic N) is 3. The number of ether oxygens (including phenoxy) is 2. The SMILES string of the molecule is COC(=O)N1CCN(CCCc2cc(F)cc(NC(=O)Nc3ccc(OC)nc3)c2)CC1. The standard InChI is InChI=1S/C22H28FN5O4/c1-31-20-6-5-18(15-24-20)25-21(29)26-19-13-16(12-17(23)14-19)4-3-7-27-8-10-28(11-9-27)22(30)32-2/h5-6,12-15H,3-4,7-11H2,1-2H3,(H2,25,26,29). The van der Waals surface area contributed by atoms with Crippen LogP contribution in [0.15, 0.2) is 36.5 Å². The van der Waals surface area contributed by atoms with Gasteiger partial charge in [-0.15, -0.1) is 0 Å². The zero-order chi connectivity index (χ0) is 22.9. The van der Waals surface area contributed by atoms with E-state index in [9.17, 15) is 14.0 Å². The molecule has 1 aromatic heterocycles. The Labute approximate surface area is 186 Å². The van der Waals surface area contributed by atoms with E-state index in [4.69, 9.17) is 9.47 Å². The average Bonchev–Trinajstić information content (AvgIpc) is 2.79. The quantitative estimate of drug-likeness (QED) is 0.680. The van der Waals surface area contributed by atoms with Crippen LogP contribution in [0.3, 0.4) is 0 Å². The Morgan fingerprint density at radius 3 is 2.47 bits per heavy atom. The van der Waals surface area contributed by atoms with Gasteiger partial charge in [-0.25, -0.2) is 19.0 Å². The van der Waals surface area contributed by atoms with Crippen molar-refractivity contribution in [3.05, 3.63) is 47.9 Å². The maximum atomic E-state index is 14.1. The molecule has 1 aliphatic rings. The van der Waals surface area contributed by atoms with Crippen LogP contribution in [0.2, 0.25) is 0 Å². The molecule has 3 amide bonds. The predicted molar refractivity (Wildman–Crippen MR) is 119 cm³/mol. The molecule has 0 bridgehead atoms. The van der Waals surface area contributed by atoms with Gasteiger partial charge in [0.05, 0.1) is 26.1 Å². The van der Waals surface area contributed by atoms with Crippen LogP contribution in [0.4, 0.5) is 25.4 Å². The van der Waals surface area contributed by atoms with Crippen LogP contribution in [0.5, 0.6) is 5.88 Å². The van der Waals surface area contributed by atoms with Gasteiger partial charge in [-0.05, 0) is 49.2 Å². The molecule has 2 aromatic rings. The molecule has 0 saturated carbocycles. The number of hydrogen-bond acceptors (Lipinski definition) is 6. The van der Waals surface area contributed by atoms with Crippen molar-refractivity contribution in [1.82, 2.24) is 14.8 Å². The Kier molecular flexibility index (Phi) is 8.20. The van der Waals surface area contributed by atoms with Gasteiger partial charge in [0.1, 0.15) is 5.82 Å². The van der Waals surface area contributed by atoms with E-state index in [1.165, 1.54) is 32.5 Å². The highest BCUT2D eigenvalue weighted by atomic mass is 19.1. The van der Waals surface area contributed by atoms with Gasteiger partial charge in [-0.2, -0.15) is 0 Å². The van der Waals surface area contributed by atoms with Crippen LogP contribution in [0.1, 0.15) is 12.0 Å². The van der Waals surface area contributed by atoms with E-state index in [0.29, 0.717) is 36.8 Å². The van der Waals surface area contributed by atoms with E-state index in [-0.39, 0.29) is 6.09 Å². The maximum Gasteiger partial charge on any atom is 0.409 e. The van der Waals surface area contributed by atoms with Crippen LogP contribution in [-0.4, -0.2) is 73.9 Å². The van der Waals surface area contributed by atoms with Crippen molar-refractivity contribution in [2.45, 2.75) is 12.8 Å². The highest BCUT2D eigenvalue weighted by Crippen LogP contribution is 2.17. The summed E-state index contributed by atoms with van der Waals surface area (Å²) < 4.78 is 23.8. The number of amides is 3. The number of piperazine rings is 1. The van der Waals surface area contributed by atoms with Gasteiger partial charge in [0.2, 0.25) is 5.88 Å². The number of anilines is 2. The van der Waals surface area contributed by atoms with E-state index in [1.54, 1.807) is 23.1 Å². The smallest absolute Gasteiger partial charge is 0.409 e. The molecular formula is C22H28FN5O4. The maximum absolute atomic E-state index is 14.1. The first-order valence-corrected chi connectivity index (χ1v) is 10.4. The molecule has 172 valence electrons. The van der Waals surface area contributed by atoms with E-state index in [2.05, 4.69) is 20.5 Å². The number of aryl methyl sites for hydroxylation is 1. The lowest BCUT2D eigenvalue weighted by Crippen LogP contribution is -2.48. The summed E-state index contributed by atoms with van der Waals surface area (Å²) in [6.45, 7) is 3.69. The van der Waals surface area contributed by atoms with Crippen molar-refractivity contribution in [2.75, 3.05) is 57.6 Å². The molecule has 1 aromatic carbocycles. The fourth-order valence-electron chi connectivity index (χ4n) is 3.53. The van der Waals surface area contributed by atoms with E-state index >= 15 is 0 Å². The van der Waals surface area contributed by atoms with Gasteiger partial charge in [-0.3, -0.25) is 4.90 Å². The second-order valence-corrected chi connectivity index (χ2v) is 7.42. The molecule has 0 atom stereocenters. The summed E-state index contributed by atoms with van der Waals surface area (Å²) in [5.74, 6) is 0.0340. The minimum atomic E-state index is -0.489. The van der Waals surface area contributed by atoms with Gasteiger partial charge >= 0.3 is 12.1 Å². The number of carbonyl (C=O) groups excluding carboxylic acids is 2.